The monoisotopic (exact) mass is 289 g/mol. The van der Waals surface area contributed by atoms with Crippen LogP contribution in [0.25, 0.3) is 0 Å². The van der Waals surface area contributed by atoms with Gasteiger partial charge in [-0.1, -0.05) is 12.1 Å². The molecule has 20 heavy (non-hydrogen) atoms. The molecule has 0 saturated heterocycles. The molecule has 1 aromatic heterocycles. The summed E-state index contributed by atoms with van der Waals surface area (Å²) in [4.78, 5) is 23.0. The van der Waals surface area contributed by atoms with Crippen LogP contribution >= 0.6 is 11.3 Å². The van der Waals surface area contributed by atoms with Crippen LogP contribution in [0.15, 0.2) is 40.8 Å². The molecule has 0 radical (unpaired) electrons. The Morgan fingerprint density at radius 3 is 2.80 bits per heavy atom. The molecule has 2 aromatic rings. The van der Waals surface area contributed by atoms with Crippen molar-refractivity contribution in [2.24, 2.45) is 5.10 Å². The van der Waals surface area contributed by atoms with Gasteiger partial charge >= 0.3 is 0 Å². The zero-order valence-electron chi connectivity index (χ0n) is 10.6. The maximum Gasteiger partial charge on any atom is 0.282 e. The Labute approximate surface area is 118 Å². The number of nitro benzene ring substituents is 1. The van der Waals surface area contributed by atoms with Gasteiger partial charge in [0, 0.05) is 10.9 Å². The average molecular weight is 289 g/mol. The molecule has 0 atom stereocenters. The highest BCUT2D eigenvalue weighted by molar-refractivity contribution is 7.11. The molecule has 0 fully saturated rings. The topological polar surface area (TPSA) is 84.6 Å². The van der Waals surface area contributed by atoms with Crippen molar-refractivity contribution in [3.8, 4) is 0 Å². The van der Waals surface area contributed by atoms with Gasteiger partial charge in [0.1, 0.15) is 5.56 Å². The minimum Gasteiger partial charge on any atom is -0.267 e. The van der Waals surface area contributed by atoms with E-state index in [2.05, 4.69) is 10.5 Å². The molecule has 2 rings (SSSR count). The minimum atomic E-state index is -0.609. The fourth-order valence-corrected chi connectivity index (χ4v) is 2.34. The Kier molecular flexibility index (Phi) is 4.21. The molecule has 1 amide bonds. The van der Waals surface area contributed by atoms with Gasteiger partial charge in [-0.2, -0.15) is 5.10 Å². The van der Waals surface area contributed by atoms with Crippen molar-refractivity contribution in [3.63, 3.8) is 0 Å². The van der Waals surface area contributed by atoms with Crippen LogP contribution in [0.5, 0.6) is 0 Å². The van der Waals surface area contributed by atoms with Crippen molar-refractivity contribution >= 4 is 29.1 Å². The number of thiophene rings is 1. The summed E-state index contributed by atoms with van der Waals surface area (Å²) in [7, 11) is 0. The van der Waals surface area contributed by atoms with E-state index >= 15 is 0 Å². The predicted molar refractivity (Wildman–Crippen MR) is 77.2 cm³/mol. The Bertz CT molecular complexity index is 679. The lowest BCUT2D eigenvalue weighted by Crippen LogP contribution is -2.18. The highest BCUT2D eigenvalue weighted by Gasteiger charge is 2.18. The SMILES string of the molecule is Cc1ccsc1/C=N/NC(=O)c1ccccc1[N+](=O)[O-]. The first kappa shape index (κ1) is 13.9. The molecular formula is C13H11N3O3S. The molecule has 7 heteroatoms. The van der Waals surface area contributed by atoms with Crippen LogP contribution in [0, 0.1) is 17.0 Å². The second kappa shape index (κ2) is 6.07. The van der Waals surface area contributed by atoms with Gasteiger partial charge in [0.2, 0.25) is 0 Å². The summed E-state index contributed by atoms with van der Waals surface area (Å²) in [6.45, 7) is 1.93. The number of para-hydroxylation sites is 1. The molecule has 1 heterocycles. The first-order chi connectivity index (χ1) is 9.59. The summed E-state index contributed by atoms with van der Waals surface area (Å²) in [5, 5.41) is 16.6. The highest BCUT2D eigenvalue weighted by atomic mass is 32.1. The summed E-state index contributed by atoms with van der Waals surface area (Å²) in [5.41, 5.74) is 3.09. The van der Waals surface area contributed by atoms with Crippen LogP contribution in [0.1, 0.15) is 20.8 Å². The van der Waals surface area contributed by atoms with Crippen molar-refractivity contribution in [2.45, 2.75) is 6.92 Å². The Balaban J connectivity index is 2.12. The fraction of sp³-hybridized carbons (Fsp3) is 0.0769. The van der Waals surface area contributed by atoms with Crippen molar-refractivity contribution in [2.75, 3.05) is 0 Å². The van der Waals surface area contributed by atoms with Gasteiger partial charge in [-0.25, -0.2) is 5.43 Å². The summed E-state index contributed by atoms with van der Waals surface area (Å²) < 4.78 is 0. The Morgan fingerprint density at radius 1 is 1.40 bits per heavy atom. The lowest BCUT2D eigenvalue weighted by atomic mass is 10.2. The van der Waals surface area contributed by atoms with Crippen LogP contribution in [0.2, 0.25) is 0 Å². The number of hydrogen-bond donors (Lipinski definition) is 1. The summed E-state index contributed by atoms with van der Waals surface area (Å²) in [5.74, 6) is -0.609. The normalized spacial score (nSPS) is 10.7. The molecule has 0 bridgehead atoms. The second-order valence-electron chi connectivity index (χ2n) is 3.94. The number of rotatable bonds is 4. The van der Waals surface area contributed by atoms with Gasteiger partial charge in [0.25, 0.3) is 11.6 Å². The van der Waals surface area contributed by atoms with E-state index in [1.165, 1.54) is 35.8 Å². The number of carbonyl (C=O) groups excluding carboxylic acids is 1. The average Bonchev–Trinajstić information content (AvgIpc) is 2.84. The van der Waals surface area contributed by atoms with Crippen molar-refractivity contribution < 1.29 is 9.72 Å². The van der Waals surface area contributed by atoms with E-state index in [4.69, 9.17) is 0 Å². The number of carbonyl (C=O) groups is 1. The van der Waals surface area contributed by atoms with Gasteiger partial charge in [0.15, 0.2) is 0 Å². The van der Waals surface area contributed by atoms with Gasteiger partial charge in [-0.15, -0.1) is 11.3 Å². The highest BCUT2D eigenvalue weighted by Crippen LogP contribution is 2.17. The van der Waals surface area contributed by atoms with E-state index in [0.717, 1.165) is 10.4 Å². The lowest BCUT2D eigenvalue weighted by Gasteiger charge is -2.00. The van der Waals surface area contributed by atoms with E-state index in [1.807, 2.05) is 18.4 Å². The molecule has 102 valence electrons. The number of nitrogens with one attached hydrogen (secondary N) is 1. The van der Waals surface area contributed by atoms with E-state index < -0.39 is 10.8 Å². The summed E-state index contributed by atoms with van der Waals surface area (Å²) in [6, 6.07) is 7.68. The number of benzene rings is 1. The predicted octanol–water partition coefficient (Wildman–Crippen LogP) is 2.73. The van der Waals surface area contributed by atoms with Crippen LogP contribution in [-0.4, -0.2) is 17.0 Å². The molecule has 0 aliphatic heterocycles. The molecule has 0 aliphatic rings. The zero-order chi connectivity index (χ0) is 14.5. The minimum absolute atomic E-state index is 0.0162. The number of nitro groups is 1. The van der Waals surface area contributed by atoms with Crippen molar-refractivity contribution in [1.29, 1.82) is 0 Å². The molecule has 0 aliphatic carbocycles. The first-order valence-corrected chi connectivity index (χ1v) is 6.58. The van der Waals surface area contributed by atoms with E-state index in [0.29, 0.717) is 0 Å². The number of hydrogen-bond acceptors (Lipinski definition) is 5. The van der Waals surface area contributed by atoms with E-state index in [1.54, 1.807) is 6.07 Å². The first-order valence-electron chi connectivity index (χ1n) is 5.70. The van der Waals surface area contributed by atoms with Gasteiger partial charge in [-0.05, 0) is 30.0 Å². The van der Waals surface area contributed by atoms with E-state index in [9.17, 15) is 14.9 Å². The number of aryl methyl sites for hydroxylation is 1. The number of amides is 1. The molecule has 0 unspecified atom stereocenters. The van der Waals surface area contributed by atoms with Crippen LogP contribution < -0.4 is 5.43 Å². The van der Waals surface area contributed by atoms with Crippen molar-refractivity contribution in [3.05, 3.63) is 61.8 Å². The Morgan fingerprint density at radius 2 is 2.15 bits per heavy atom. The smallest absolute Gasteiger partial charge is 0.267 e. The molecule has 0 spiro atoms. The third kappa shape index (κ3) is 3.07. The molecule has 6 nitrogen and oxygen atoms in total. The molecular weight excluding hydrogens is 278 g/mol. The summed E-state index contributed by atoms with van der Waals surface area (Å²) in [6.07, 6.45) is 1.52. The molecule has 1 aromatic carbocycles. The maximum atomic E-state index is 11.9. The standard InChI is InChI=1S/C13H11N3O3S/c1-9-6-7-20-12(9)8-14-15-13(17)10-4-2-3-5-11(10)16(18)19/h2-8H,1H3,(H,15,17)/b14-8+. The lowest BCUT2D eigenvalue weighted by molar-refractivity contribution is -0.385. The largest absolute Gasteiger partial charge is 0.282 e. The van der Waals surface area contributed by atoms with Crippen LogP contribution in [0.3, 0.4) is 0 Å². The number of hydrazone groups is 1. The van der Waals surface area contributed by atoms with Crippen molar-refractivity contribution in [1.82, 2.24) is 5.43 Å². The third-order valence-corrected chi connectivity index (χ3v) is 3.55. The zero-order valence-corrected chi connectivity index (χ0v) is 11.4. The number of nitrogens with zero attached hydrogens (tertiary/aromatic N) is 2. The third-order valence-electron chi connectivity index (χ3n) is 2.59. The van der Waals surface area contributed by atoms with Gasteiger partial charge in [-0.3, -0.25) is 14.9 Å². The maximum absolute atomic E-state index is 11.9. The van der Waals surface area contributed by atoms with E-state index in [-0.39, 0.29) is 11.3 Å². The fourth-order valence-electron chi connectivity index (χ4n) is 1.55. The van der Waals surface area contributed by atoms with Crippen LogP contribution in [-0.2, 0) is 0 Å². The second-order valence-corrected chi connectivity index (χ2v) is 4.89. The molecule has 1 N–H and O–H groups in total. The van der Waals surface area contributed by atoms with Gasteiger partial charge < -0.3 is 0 Å². The van der Waals surface area contributed by atoms with Gasteiger partial charge in [0.05, 0.1) is 11.1 Å². The quantitative estimate of drug-likeness (QED) is 0.533. The Hall–Kier alpha value is -2.54. The molecule has 0 saturated carbocycles. The van der Waals surface area contributed by atoms with Crippen LogP contribution in [0.4, 0.5) is 5.69 Å². The summed E-state index contributed by atoms with van der Waals surface area (Å²) >= 11 is 1.50.